The third-order valence-electron chi connectivity index (χ3n) is 2.62. The first-order valence-corrected chi connectivity index (χ1v) is 5.93. The molecule has 0 aromatic carbocycles. The van der Waals surface area contributed by atoms with Gasteiger partial charge >= 0.3 is 0 Å². The van der Waals surface area contributed by atoms with Crippen molar-refractivity contribution in [2.24, 2.45) is 0 Å². The van der Waals surface area contributed by atoms with Crippen molar-refractivity contribution >= 4 is 0 Å². The topological polar surface area (TPSA) is 66.2 Å². The number of hydrogen-bond acceptors (Lipinski definition) is 4. The fourth-order valence-electron chi connectivity index (χ4n) is 1.47. The molecule has 0 spiro atoms. The van der Waals surface area contributed by atoms with Gasteiger partial charge in [-0.15, -0.1) is 0 Å². The summed E-state index contributed by atoms with van der Waals surface area (Å²) in [6.07, 6.45) is -0.810. The van der Waals surface area contributed by atoms with Crippen molar-refractivity contribution in [1.82, 2.24) is 9.97 Å². The summed E-state index contributed by atoms with van der Waals surface area (Å²) >= 11 is 0. The second-order valence-corrected chi connectivity index (χ2v) is 4.18. The Morgan fingerprint density at radius 1 is 1.22 bits per heavy atom. The highest BCUT2D eigenvalue weighted by Gasteiger charge is 2.19. The van der Waals surface area contributed by atoms with Crippen LogP contribution >= 0.6 is 0 Å². The lowest BCUT2D eigenvalue weighted by molar-refractivity contribution is 0.0284. The van der Waals surface area contributed by atoms with Crippen LogP contribution in [-0.2, 0) is 12.8 Å². The van der Waals surface area contributed by atoms with Crippen LogP contribution in [0.15, 0.2) is 12.4 Å². The molecule has 1 aromatic heterocycles. The van der Waals surface area contributed by atoms with Gasteiger partial charge in [-0.05, 0) is 6.42 Å². The largest absolute Gasteiger partial charge is 0.394 e. The molecule has 0 saturated heterocycles. The predicted molar refractivity (Wildman–Crippen MR) is 62.6 cm³/mol. The maximum absolute atomic E-state index is 13.4. The molecule has 4 nitrogen and oxygen atoms in total. The summed E-state index contributed by atoms with van der Waals surface area (Å²) in [7, 11) is 0. The van der Waals surface area contributed by atoms with Crippen LogP contribution in [-0.4, -0.2) is 45.2 Å². The summed E-state index contributed by atoms with van der Waals surface area (Å²) in [5.74, 6) is 0. The van der Waals surface area contributed by atoms with E-state index < -0.39 is 25.1 Å². The smallest absolute Gasteiger partial charge is 0.134 e. The van der Waals surface area contributed by atoms with Crippen molar-refractivity contribution in [1.29, 1.82) is 0 Å². The Morgan fingerprint density at radius 2 is 1.83 bits per heavy atom. The number of hydrogen-bond donors (Lipinski definition) is 2. The molecule has 1 aromatic rings. The third kappa shape index (κ3) is 4.62. The quantitative estimate of drug-likeness (QED) is 0.767. The Morgan fingerprint density at radius 3 is 2.39 bits per heavy atom. The molecule has 0 amide bonds. The van der Waals surface area contributed by atoms with Gasteiger partial charge in [0.25, 0.3) is 0 Å². The Hall–Kier alpha value is -1.14. The van der Waals surface area contributed by atoms with E-state index >= 15 is 0 Å². The second-order valence-electron chi connectivity index (χ2n) is 4.18. The number of halogens is 2. The van der Waals surface area contributed by atoms with Crippen molar-refractivity contribution in [3.63, 3.8) is 0 Å². The van der Waals surface area contributed by atoms with E-state index in [2.05, 4.69) is 9.97 Å². The molecule has 0 aliphatic rings. The first-order valence-electron chi connectivity index (χ1n) is 5.93. The van der Waals surface area contributed by atoms with E-state index in [0.717, 1.165) is 0 Å². The van der Waals surface area contributed by atoms with Crippen LogP contribution < -0.4 is 0 Å². The number of aromatic nitrogens is 2. The van der Waals surface area contributed by atoms with Gasteiger partial charge < -0.3 is 10.2 Å². The predicted octanol–water partition coefficient (Wildman–Crippen LogP) is 1.00. The van der Waals surface area contributed by atoms with Gasteiger partial charge in [-0.3, -0.25) is 9.97 Å². The van der Waals surface area contributed by atoms with E-state index in [-0.39, 0.29) is 12.8 Å². The van der Waals surface area contributed by atoms with Crippen LogP contribution in [0.2, 0.25) is 0 Å². The molecule has 0 radical (unpaired) electrons. The first kappa shape index (κ1) is 14.9. The van der Waals surface area contributed by atoms with E-state index in [1.807, 2.05) is 0 Å². The van der Waals surface area contributed by atoms with Gasteiger partial charge in [0.15, 0.2) is 0 Å². The first-order chi connectivity index (χ1) is 8.56. The number of aliphatic hydroxyl groups is 2. The summed E-state index contributed by atoms with van der Waals surface area (Å²) < 4.78 is 26.6. The molecule has 18 heavy (non-hydrogen) atoms. The minimum Gasteiger partial charge on any atom is -0.394 e. The Balaban J connectivity index is 2.64. The minimum atomic E-state index is -1.60. The van der Waals surface area contributed by atoms with E-state index in [9.17, 15) is 8.78 Å². The van der Waals surface area contributed by atoms with E-state index in [0.29, 0.717) is 17.8 Å². The molecule has 0 unspecified atom stereocenters. The van der Waals surface area contributed by atoms with Crippen LogP contribution in [0.25, 0.3) is 0 Å². The Bertz CT molecular complexity index is 366. The molecule has 2 N–H and O–H groups in total. The standard InChI is InChI=1S/C12H18F2N2O2/c1-2-8(13)3-9-5-15-6-10(16-9)4-11(14)12(18)7-17/h5-6,8,11-12,17-18H,2-4,7H2,1H3/t8-,11-,12+/m0/s1. The van der Waals surface area contributed by atoms with Crippen molar-refractivity contribution in [3.05, 3.63) is 23.8 Å². The number of rotatable bonds is 7. The molecule has 1 heterocycles. The highest BCUT2D eigenvalue weighted by Crippen LogP contribution is 2.10. The van der Waals surface area contributed by atoms with Gasteiger partial charge in [-0.1, -0.05) is 6.92 Å². The van der Waals surface area contributed by atoms with Crippen LogP contribution in [0.1, 0.15) is 24.7 Å². The zero-order valence-electron chi connectivity index (χ0n) is 10.3. The fraction of sp³-hybridized carbons (Fsp3) is 0.667. The summed E-state index contributed by atoms with van der Waals surface area (Å²) in [5.41, 5.74) is 0.809. The zero-order valence-corrected chi connectivity index (χ0v) is 10.3. The molecule has 0 fully saturated rings. The van der Waals surface area contributed by atoms with Gasteiger partial charge in [0.05, 0.1) is 18.0 Å². The minimum absolute atomic E-state index is 0.147. The molecule has 102 valence electrons. The van der Waals surface area contributed by atoms with Crippen LogP contribution in [0, 0.1) is 0 Å². The second kappa shape index (κ2) is 7.33. The van der Waals surface area contributed by atoms with Gasteiger partial charge in [0.2, 0.25) is 0 Å². The number of alkyl halides is 2. The zero-order chi connectivity index (χ0) is 13.5. The Kier molecular flexibility index (Phi) is 6.07. The lowest BCUT2D eigenvalue weighted by atomic mass is 10.1. The molecule has 0 aliphatic carbocycles. The molecule has 3 atom stereocenters. The maximum Gasteiger partial charge on any atom is 0.134 e. The van der Waals surface area contributed by atoms with Gasteiger partial charge in [0.1, 0.15) is 18.4 Å². The average Bonchev–Trinajstić information content (AvgIpc) is 2.37. The van der Waals surface area contributed by atoms with Crippen LogP contribution in [0.4, 0.5) is 8.78 Å². The molecule has 0 bridgehead atoms. The number of aliphatic hydroxyl groups excluding tert-OH is 2. The van der Waals surface area contributed by atoms with Crippen LogP contribution in [0.3, 0.4) is 0 Å². The highest BCUT2D eigenvalue weighted by molar-refractivity contribution is 5.06. The highest BCUT2D eigenvalue weighted by atomic mass is 19.1. The average molecular weight is 260 g/mol. The molecular weight excluding hydrogens is 242 g/mol. The summed E-state index contributed by atoms with van der Waals surface area (Å²) in [6, 6.07) is 0. The van der Waals surface area contributed by atoms with E-state index in [4.69, 9.17) is 10.2 Å². The normalized spacial score (nSPS) is 16.3. The SMILES string of the molecule is CC[C@H](F)Cc1cncc(C[C@H](F)[C@H](O)CO)n1. The van der Waals surface area contributed by atoms with Crippen LogP contribution in [0.5, 0.6) is 0 Å². The van der Waals surface area contributed by atoms with Crippen molar-refractivity contribution < 1.29 is 19.0 Å². The molecule has 6 heteroatoms. The van der Waals surface area contributed by atoms with Gasteiger partial charge in [0, 0.05) is 25.2 Å². The summed E-state index contributed by atoms with van der Waals surface area (Å²) in [5, 5.41) is 17.7. The van der Waals surface area contributed by atoms with Crippen molar-refractivity contribution in [2.45, 2.75) is 44.6 Å². The molecule has 1 rings (SSSR count). The van der Waals surface area contributed by atoms with Crippen molar-refractivity contribution in [2.75, 3.05) is 6.61 Å². The lowest BCUT2D eigenvalue weighted by Crippen LogP contribution is -2.28. The maximum atomic E-state index is 13.4. The summed E-state index contributed by atoms with van der Waals surface area (Å²) in [4.78, 5) is 7.95. The molecular formula is C12H18F2N2O2. The monoisotopic (exact) mass is 260 g/mol. The van der Waals surface area contributed by atoms with Crippen molar-refractivity contribution in [3.8, 4) is 0 Å². The summed E-state index contributed by atoms with van der Waals surface area (Å²) in [6.45, 7) is 1.09. The number of nitrogens with zero attached hydrogens (tertiary/aromatic N) is 2. The molecule has 0 saturated carbocycles. The van der Waals surface area contributed by atoms with Gasteiger partial charge in [-0.2, -0.15) is 0 Å². The third-order valence-corrected chi connectivity index (χ3v) is 2.62. The van der Waals surface area contributed by atoms with E-state index in [1.165, 1.54) is 12.4 Å². The van der Waals surface area contributed by atoms with Gasteiger partial charge in [-0.25, -0.2) is 8.78 Å². The molecule has 0 aliphatic heterocycles. The lowest BCUT2D eigenvalue weighted by Gasteiger charge is -2.13. The van der Waals surface area contributed by atoms with E-state index in [1.54, 1.807) is 6.92 Å². The Labute approximate surface area is 105 Å². The fourth-order valence-corrected chi connectivity index (χ4v) is 1.47.